The number of rotatable bonds is 1. The van der Waals surface area contributed by atoms with Crippen molar-refractivity contribution in [2.24, 2.45) is 0 Å². The van der Waals surface area contributed by atoms with Gasteiger partial charge in [0.2, 0.25) is 0 Å². The highest BCUT2D eigenvalue weighted by atomic mass is 16.3. The van der Waals surface area contributed by atoms with Crippen LogP contribution in [0.5, 0.6) is 5.75 Å². The molecular weight excluding hydrogens is 224 g/mol. The van der Waals surface area contributed by atoms with Crippen LogP contribution in [0.15, 0.2) is 18.2 Å². The summed E-state index contributed by atoms with van der Waals surface area (Å²) in [5.74, 6) is 0.882. The molecule has 0 spiro atoms. The highest BCUT2D eigenvalue weighted by Crippen LogP contribution is 2.37. The highest BCUT2D eigenvalue weighted by molar-refractivity contribution is 5.80. The minimum Gasteiger partial charge on any atom is -0.508 e. The molecule has 18 heavy (non-hydrogen) atoms. The third kappa shape index (κ3) is 2.74. The van der Waals surface area contributed by atoms with Crippen molar-refractivity contribution in [3.8, 4) is 5.75 Å². The van der Waals surface area contributed by atoms with Gasteiger partial charge >= 0.3 is 0 Å². The van der Waals surface area contributed by atoms with Crippen molar-refractivity contribution in [3.63, 3.8) is 0 Å². The molecule has 0 radical (unpaired) electrons. The predicted molar refractivity (Wildman–Crippen MR) is 73.0 cm³/mol. The number of Topliss-reactive ketones (excluding diaryl/α,β-unsaturated/α-hetero) is 1. The molecule has 1 aromatic carbocycles. The summed E-state index contributed by atoms with van der Waals surface area (Å²) in [7, 11) is 0. The first-order valence-electron chi connectivity index (χ1n) is 6.73. The average molecular weight is 246 g/mol. The molecule has 0 amide bonds. The molecular formula is C16H22O2. The van der Waals surface area contributed by atoms with Gasteiger partial charge in [-0.1, -0.05) is 32.9 Å². The van der Waals surface area contributed by atoms with E-state index < -0.39 is 0 Å². The molecule has 1 saturated carbocycles. The second-order valence-corrected chi connectivity index (χ2v) is 6.36. The normalized spacial score (nSPS) is 21.1. The van der Waals surface area contributed by atoms with Crippen molar-refractivity contribution in [2.45, 2.75) is 57.8 Å². The smallest absolute Gasteiger partial charge is 0.133 e. The first-order valence-corrected chi connectivity index (χ1v) is 6.73. The molecule has 2 heteroatoms. The molecule has 0 aliphatic heterocycles. The average Bonchev–Trinajstić information content (AvgIpc) is 2.27. The number of phenolic OH excluding ortho intramolecular Hbond substituents is 1. The SMILES string of the molecule is CC(C)(C)c1ccc(C2CCCC(=O)C2)c(O)c1. The standard InChI is InChI=1S/C16H22O2/c1-16(2,3)12-7-8-14(15(18)10-12)11-5-4-6-13(17)9-11/h7-8,10-11,18H,4-6,9H2,1-3H3. The second kappa shape index (κ2) is 4.75. The van der Waals surface area contributed by atoms with Gasteiger partial charge in [0, 0.05) is 12.8 Å². The zero-order chi connectivity index (χ0) is 13.3. The highest BCUT2D eigenvalue weighted by Gasteiger charge is 2.24. The summed E-state index contributed by atoms with van der Waals surface area (Å²) in [5, 5.41) is 10.2. The van der Waals surface area contributed by atoms with Gasteiger partial charge in [-0.05, 0) is 41.4 Å². The van der Waals surface area contributed by atoms with Gasteiger partial charge in [-0.2, -0.15) is 0 Å². The van der Waals surface area contributed by atoms with Crippen LogP contribution in [-0.4, -0.2) is 10.9 Å². The van der Waals surface area contributed by atoms with Crippen LogP contribution < -0.4 is 0 Å². The summed E-state index contributed by atoms with van der Waals surface area (Å²) in [6, 6.07) is 5.93. The van der Waals surface area contributed by atoms with Gasteiger partial charge in [-0.15, -0.1) is 0 Å². The lowest BCUT2D eigenvalue weighted by Crippen LogP contribution is -2.15. The van der Waals surface area contributed by atoms with E-state index in [1.807, 2.05) is 12.1 Å². The van der Waals surface area contributed by atoms with Crippen LogP contribution in [-0.2, 0) is 10.2 Å². The molecule has 1 aliphatic carbocycles. The zero-order valence-electron chi connectivity index (χ0n) is 11.5. The molecule has 2 rings (SSSR count). The molecule has 1 aromatic rings. The number of phenols is 1. The van der Waals surface area contributed by atoms with E-state index in [1.54, 1.807) is 0 Å². The number of hydrogen-bond donors (Lipinski definition) is 1. The van der Waals surface area contributed by atoms with E-state index in [2.05, 4.69) is 26.8 Å². The Morgan fingerprint density at radius 2 is 2.00 bits per heavy atom. The monoisotopic (exact) mass is 246 g/mol. The second-order valence-electron chi connectivity index (χ2n) is 6.36. The van der Waals surface area contributed by atoms with Crippen LogP contribution in [0.4, 0.5) is 0 Å². The van der Waals surface area contributed by atoms with E-state index in [-0.39, 0.29) is 11.3 Å². The molecule has 1 atom stereocenters. The van der Waals surface area contributed by atoms with Crippen LogP contribution in [0.3, 0.4) is 0 Å². The fourth-order valence-corrected chi connectivity index (χ4v) is 2.65. The first kappa shape index (κ1) is 13.1. The first-order chi connectivity index (χ1) is 8.38. The van der Waals surface area contributed by atoms with E-state index in [9.17, 15) is 9.90 Å². The van der Waals surface area contributed by atoms with Crippen molar-refractivity contribution >= 4 is 5.78 Å². The van der Waals surface area contributed by atoms with Crippen LogP contribution in [0.25, 0.3) is 0 Å². The Morgan fingerprint density at radius 1 is 1.28 bits per heavy atom. The Labute approximate surface area is 109 Å². The lowest BCUT2D eigenvalue weighted by molar-refractivity contribution is -0.120. The number of ketones is 1. The Hall–Kier alpha value is -1.31. The van der Waals surface area contributed by atoms with Crippen molar-refractivity contribution in [3.05, 3.63) is 29.3 Å². The van der Waals surface area contributed by atoms with Crippen LogP contribution >= 0.6 is 0 Å². The molecule has 98 valence electrons. The molecule has 1 fully saturated rings. The summed E-state index contributed by atoms with van der Waals surface area (Å²) in [4.78, 5) is 11.5. The maximum Gasteiger partial charge on any atom is 0.133 e. The number of benzene rings is 1. The van der Waals surface area contributed by atoms with Gasteiger partial charge in [-0.25, -0.2) is 0 Å². The van der Waals surface area contributed by atoms with Gasteiger partial charge in [0.25, 0.3) is 0 Å². The predicted octanol–water partition coefficient (Wildman–Crippen LogP) is 3.92. The van der Waals surface area contributed by atoms with Crippen molar-refractivity contribution in [2.75, 3.05) is 0 Å². The Morgan fingerprint density at radius 3 is 2.56 bits per heavy atom. The summed E-state index contributed by atoms with van der Waals surface area (Å²) < 4.78 is 0. The summed E-state index contributed by atoms with van der Waals surface area (Å²) >= 11 is 0. The lowest BCUT2D eigenvalue weighted by Gasteiger charge is -2.24. The molecule has 1 aliphatic rings. The fourth-order valence-electron chi connectivity index (χ4n) is 2.65. The minimum absolute atomic E-state index is 0.0401. The topological polar surface area (TPSA) is 37.3 Å². The Kier molecular flexibility index (Phi) is 3.47. The number of hydrogen-bond acceptors (Lipinski definition) is 2. The van der Waals surface area contributed by atoms with E-state index in [0.717, 1.165) is 24.0 Å². The Balaban J connectivity index is 2.27. The molecule has 0 aromatic heterocycles. The van der Waals surface area contributed by atoms with Crippen LogP contribution in [0.2, 0.25) is 0 Å². The molecule has 2 nitrogen and oxygen atoms in total. The minimum atomic E-state index is 0.0401. The summed E-state index contributed by atoms with van der Waals surface area (Å²) in [6.07, 6.45) is 3.25. The molecule has 1 N–H and O–H groups in total. The summed E-state index contributed by atoms with van der Waals surface area (Å²) in [6.45, 7) is 6.39. The molecule has 0 bridgehead atoms. The summed E-state index contributed by atoms with van der Waals surface area (Å²) in [5.41, 5.74) is 2.11. The maximum atomic E-state index is 11.5. The van der Waals surface area contributed by atoms with Crippen molar-refractivity contribution < 1.29 is 9.90 Å². The fraction of sp³-hybridized carbons (Fsp3) is 0.562. The Bertz CT molecular complexity index is 455. The zero-order valence-corrected chi connectivity index (χ0v) is 11.5. The molecule has 0 saturated heterocycles. The number of carbonyl (C=O) groups is 1. The van der Waals surface area contributed by atoms with Gasteiger partial charge < -0.3 is 5.11 Å². The third-order valence-corrected chi connectivity index (χ3v) is 3.82. The van der Waals surface area contributed by atoms with Crippen LogP contribution in [0.1, 0.15) is 63.5 Å². The maximum absolute atomic E-state index is 11.5. The number of carbonyl (C=O) groups excluding carboxylic acids is 1. The van der Waals surface area contributed by atoms with E-state index in [0.29, 0.717) is 24.4 Å². The third-order valence-electron chi connectivity index (χ3n) is 3.82. The molecule has 1 unspecified atom stereocenters. The quantitative estimate of drug-likeness (QED) is 0.815. The largest absolute Gasteiger partial charge is 0.508 e. The van der Waals surface area contributed by atoms with E-state index in [4.69, 9.17) is 0 Å². The van der Waals surface area contributed by atoms with Gasteiger partial charge in [-0.3, -0.25) is 4.79 Å². The lowest BCUT2D eigenvalue weighted by atomic mass is 9.80. The van der Waals surface area contributed by atoms with Gasteiger partial charge in [0.15, 0.2) is 0 Å². The van der Waals surface area contributed by atoms with E-state index in [1.165, 1.54) is 0 Å². The number of aromatic hydroxyl groups is 1. The molecule has 0 heterocycles. The van der Waals surface area contributed by atoms with Gasteiger partial charge in [0.05, 0.1) is 0 Å². The van der Waals surface area contributed by atoms with Gasteiger partial charge in [0.1, 0.15) is 11.5 Å². The van der Waals surface area contributed by atoms with Crippen molar-refractivity contribution in [1.29, 1.82) is 0 Å². The van der Waals surface area contributed by atoms with E-state index >= 15 is 0 Å². The van der Waals surface area contributed by atoms with Crippen molar-refractivity contribution in [1.82, 2.24) is 0 Å². The van der Waals surface area contributed by atoms with Crippen LogP contribution in [0, 0.1) is 0 Å².